The summed E-state index contributed by atoms with van der Waals surface area (Å²) in [4.78, 5) is 23.6. The Morgan fingerprint density at radius 3 is 2.27 bits per heavy atom. The van der Waals surface area contributed by atoms with E-state index in [1.807, 2.05) is 0 Å². The van der Waals surface area contributed by atoms with Gasteiger partial charge in [-0.15, -0.1) is 0 Å². The van der Waals surface area contributed by atoms with Crippen LogP contribution in [0.15, 0.2) is 60.2 Å². The first-order valence-corrected chi connectivity index (χ1v) is 6.57. The molecule has 0 amide bonds. The Bertz CT molecular complexity index is 763. The highest BCUT2D eigenvalue weighted by molar-refractivity contribution is 6.44. The smallest absolute Gasteiger partial charge is 0.380 e. The Labute approximate surface area is 125 Å². The van der Waals surface area contributed by atoms with Crippen molar-refractivity contribution in [1.29, 1.82) is 0 Å². The summed E-state index contributed by atoms with van der Waals surface area (Å²) in [5.74, 6) is -2.69. The van der Waals surface area contributed by atoms with Gasteiger partial charge in [-0.25, -0.2) is 9.18 Å². The molecule has 1 aliphatic heterocycles. The number of aliphatic hydroxyl groups is 1. The first-order chi connectivity index (χ1) is 10.6. The highest BCUT2D eigenvalue weighted by Crippen LogP contribution is 2.36. The van der Waals surface area contributed by atoms with Crippen LogP contribution in [0.5, 0.6) is 0 Å². The number of aliphatic hydroxyl groups excluding tert-OH is 1. The summed E-state index contributed by atoms with van der Waals surface area (Å²) in [7, 11) is 0. The van der Waals surface area contributed by atoms with Crippen LogP contribution in [0.1, 0.15) is 17.2 Å². The Morgan fingerprint density at radius 1 is 1.00 bits per heavy atom. The lowest BCUT2D eigenvalue weighted by atomic mass is 9.97. The minimum Gasteiger partial charge on any atom is -0.507 e. The van der Waals surface area contributed by atoms with E-state index in [-0.39, 0.29) is 11.3 Å². The van der Waals surface area contributed by atoms with Crippen LogP contribution in [-0.4, -0.2) is 16.9 Å². The van der Waals surface area contributed by atoms with E-state index in [0.29, 0.717) is 11.1 Å². The van der Waals surface area contributed by atoms with Crippen molar-refractivity contribution in [3.8, 4) is 0 Å². The van der Waals surface area contributed by atoms with Crippen molar-refractivity contribution in [3.63, 3.8) is 0 Å². The van der Waals surface area contributed by atoms with E-state index in [4.69, 9.17) is 4.74 Å². The van der Waals surface area contributed by atoms with Gasteiger partial charge in [0.1, 0.15) is 11.6 Å². The van der Waals surface area contributed by atoms with Crippen LogP contribution >= 0.6 is 0 Å². The minimum atomic E-state index is -1.04. The molecule has 1 fully saturated rings. The van der Waals surface area contributed by atoms with Gasteiger partial charge in [-0.2, -0.15) is 0 Å². The van der Waals surface area contributed by atoms with Gasteiger partial charge in [-0.1, -0.05) is 42.5 Å². The first-order valence-electron chi connectivity index (χ1n) is 6.57. The van der Waals surface area contributed by atoms with E-state index < -0.39 is 23.7 Å². The minimum absolute atomic E-state index is 0.136. The second kappa shape index (κ2) is 5.44. The maximum absolute atomic E-state index is 13.0. The number of hydrogen-bond acceptors (Lipinski definition) is 4. The summed E-state index contributed by atoms with van der Waals surface area (Å²) < 4.78 is 18.0. The fourth-order valence-corrected chi connectivity index (χ4v) is 2.30. The molecule has 110 valence electrons. The van der Waals surface area contributed by atoms with Gasteiger partial charge in [0.2, 0.25) is 0 Å². The van der Waals surface area contributed by atoms with Gasteiger partial charge in [0.25, 0.3) is 5.78 Å². The Hall–Kier alpha value is -2.95. The van der Waals surface area contributed by atoms with E-state index in [1.165, 1.54) is 24.3 Å². The molecule has 5 heteroatoms. The predicted molar refractivity (Wildman–Crippen MR) is 76.2 cm³/mol. The zero-order valence-corrected chi connectivity index (χ0v) is 11.3. The molecule has 0 aliphatic carbocycles. The van der Waals surface area contributed by atoms with Crippen molar-refractivity contribution in [2.75, 3.05) is 0 Å². The highest BCUT2D eigenvalue weighted by Gasteiger charge is 2.42. The molecule has 0 spiro atoms. The molecule has 1 saturated heterocycles. The van der Waals surface area contributed by atoms with Crippen LogP contribution in [0.2, 0.25) is 0 Å². The van der Waals surface area contributed by atoms with Gasteiger partial charge in [0.15, 0.2) is 6.10 Å². The summed E-state index contributed by atoms with van der Waals surface area (Å²) in [6, 6.07) is 13.6. The predicted octanol–water partition coefficient (Wildman–Crippen LogP) is 2.96. The number of ether oxygens (including phenoxy) is 1. The number of benzene rings is 2. The second-order valence-electron chi connectivity index (χ2n) is 4.79. The molecular formula is C17H11FO4. The number of cyclic esters (lactones) is 1. The monoisotopic (exact) mass is 298 g/mol. The molecule has 1 atom stereocenters. The molecule has 22 heavy (non-hydrogen) atoms. The van der Waals surface area contributed by atoms with E-state index in [0.717, 1.165) is 0 Å². The van der Waals surface area contributed by atoms with E-state index in [1.54, 1.807) is 30.3 Å². The van der Waals surface area contributed by atoms with Crippen LogP contribution in [-0.2, 0) is 14.3 Å². The van der Waals surface area contributed by atoms with Gasteiger partial charge in [-0.3, -0.25) is 4.79 Å². The standard InChI is InChI=1S/C17H11FO4/c18-12-8-6-11(7-9-12)16-13(15(20)17(21)22-16)14(19)10-4-2-1-3-5-10/h1-9,16,19H/b14-13+. The van der Waals surface area contributed by atoms with Crippen molar-refractivity contribution < 1.29 is 23.8 Å². The molecule has 4 nitrogen and oxygen atoms in total. The summed E-state index contributed by atoms with van der Waals surface area (Å²) in [5.41, 5.74) is 0.678. The molecule has 2 aromatic carbocycles. The molecule has 1 heterocycles. The molecule has 0 radical (unpaired) electrons. The summed E-state index contributed by atoms with van der Waals surface area (Å²) >= 11 is 0. The average molecular weight is 298 g/mol. The number of rotatable bonds is 2. The van der Waals surface area contributed by atoms with Crippen LogP contribution in [0, 0.1) is 5.82 Å². The highest BCUT2D eigenvalue weighted by atomic mass is 19.1. The summed E-state index contributed by atoms with van der Waals surface area (Å²) in [5, 5.41) is 10.3. The third-order valence-electron chi connectivity index (χ3n) is 3.39. The Kier molecular flexibility index (Phi) is 3.47. The van der Waals surface area contributed by atoms with Gasteiger partial charge in [0, 0.05) is 5.56 Å². The number of ketones is 1. The van der Waals surface area contributed by atoms with Crippen molar-refractivity contribution in [2.24, 2.45) is 0 Å². The molecule has 0 bridgehead atoms. The van der Waals surface area contributed by atoms with Crippen LogP contribution < -0.4 is 0 Å². The summed E-state index contributed by atoms with van der Waals surface area (Å²) in [6.07, 6.45) is -1.04. The lowest BCUT2D eigenvalue weighted by Crippen LogP contribution is -2.08. The van der Waals surface area contributed by atoms with E-state index >= 15 is 0 Å². The van der Waals surface area contributed by atoms with Gasteiger partial charge < -0.3 is 9.84 Å². The zero-order valence-electron chi connectivity index (χ0n) is 11.3. The number of carbonyl (C=O) groups is 2. The number of Topliss-reactive ketones (excluding diaryl/α,β-unsaturated/α-hetero) is 1. The van der Waals surface area contributed by atoms with Crippen molar-refractivity contribution in [1.82, 2.24) is 0 Å². The molecule has 3 rings (SSSR count). The number of esters is 1. The number of hydrogen-bond donors (Lipinski definition) is 1. The van der Waals surface area contributed by atoms with Gasteiger partial charge in [0.05, 0.1) is 5.57 Å². The largest absolute Gasteiger partial charge is 0.507 e. The fourth-order valence-electron chi connectivity index (χ4n) is 2.30. The van der Waals surface area contributed by atoms with Crippen molar-refractivity contribution >= 4 is 17.5 Å². The van der Waals surface area contributed by atoms with Gasteiger partial charge in [-0.05, 0) is 17.7 Å². The maximum atomic E-state index is 13.0. The number of halogens is 1. The molecular weight excluding hydrogens is 287 g/mol. The topological polar surface area (TPSA) is 63.6 Å². The number of carbonyl (C=O) groups excluding carboxylic acids is 2. The third kappa shape index (κ3) is 2.37. The van der Waals surface area contributed by atoms with Crippen molar-refractivity contribution in [2.45, 2.75) is 6.10 Å². The second-order valence-corrected chi connectivity index (χ2v) is 4.79. The Morgan fingerprint density at radius 2 is 1.64 bits per heavy atom. The van der Waals surface area contributed by atoms with Crippen molar-refractivity contribution in [3.05, 3.63) is 77.1 Å². The van der Waals surface area contributed by atoms with Crippen LogP contribution in [0.3, 0.4) is 0 Å². The normalized spacial score (nSPS) is 20.0. The molecule has 0 aromatic heterocycles. The molecule has 1 N–H and O–H groups in total. The zero-order chi connectivity index (χ0) is 15.7. The average Bonchev–Trinajstić information content (AvgIpc) is 2.84. The third-order valence-corrected chi connectivity index (χ3v) is 3.39. The van der Waals surface area contributed by atoms with E-state index in [2.05, 4.69) is 0 Å². The molecule has 0 saturated carbocycles. The Balaban J connectivity index is 2.11. The summed E-state index contributed by atoms with van der Waals surface area (Å²) in [6.45, 7) is 0. The lowest BCUT2D eigenvalue weighted by Gasteiger charge is -2.12. The maximum Gasteiger partial charge on any atom is 0.380 e. The van der Waals surface area contributed by atoms with Gasteiger partial charge >= 0.3 is 5.97 Å². The quantitative estimate of drug-likeness (QED) is 0.401. The lowest BCUT2D eigenvalue weighted by molar-refractivity contribution is -0.149. The van der Waals surface area contributed by atoms with Crippen LogP contribution in [0.25, 0.3) is 5.76 Å². The molecule has 1 unspecified atom stereocenters. The fraction of sp³-hybridized carbons (Fsp3) is 0.0588. The molecule has 2 aromatic rings. The molecule has 1 aliphatic rings. The SMILES string of the molecule is O=C1OC(c2ccc(F)cc2)/C(=C(/O)c2ccccc2)C1=O. The first kappa shape index (κ1) is 14.0. The van der Waals surface area contributed by atoms with Crippen LogP contribution in [0.4, 0.5) is 4.39 Å². The van der Waals surface area contributed by atoms with E-state index in [9.17, 15) is 19.1 Å².